The minimum absolute atomic E-state index is 0.00351. The van der Waals surface area contributed by atoms with Crippen molar-refractivity contribution in [1.29, 1.82) is 0 Å². The van der Waals surface area contributed by atoms with Crippen molar-refractivity contribution in [2.24, 2.45) is 5.41 Å². The molecule has 1 unspecified atom stereocenters. The molecule has 1 amide bonds. The Balaban J connectivity index is 1.96. The molecule has 6 nitrogen and oxygen atoms in total. The zero-order valence-electron chi connectivity index (χ0n) is 11.5. The fourth-order valence-corrected chi connectivity index (χ4v) is 2.43. The highest BCUT2D eigenvalue weighted by atomic mass is 16.6. The molecule has 0 radical (unpaired) electrons. The largest absolute Gasteiger partial charge is 0.352 e. The second-order valence-electron chi connectivity index (χ2n) is 5.45. The van der Waals surface area contributed by atoms with Gasteiger partial charge in [0.2, 0.25) is 5.91 Å². The van der Waals surface area contributed by atoms with E-state index in [0.29, 0.717) is 13.1 Å². The van der Waals surface area contributed by atoms with E-state index in [1.165, 1.54) is 12.1 Å². The maximum Gasteiger partial charge on any atom is 0.269 e. The van der Waals surface area contributed by atoms with Crippen LogP contribution in [0.15, 0.2) is 24.3 Å². The summed E-state index contributed by atoms with van der Waals surface area (Å²) in [6, 6.07) is 6.33. The molecular weight excluding hydrogens is 258 g/mol. The van der Waals surface area contributed by atoms with Crippen LogP contribution in [0.4, 0.5) is 5.69 Å². The summed E-state index contributed by atoms with van der Waals surface area (Å²) in [5.74, 6) is -0.00351. The summed E-state index contributed by atoms with van der Waals surface area (Å²) in [6.45, 7) is 3.89. The third-order valence-electron chi connectivity index (χ3n) is 3.72. The minimum Gasteiger partial charge on any atom is -0.352 e. The molecule has 108 valence electrons. The predicted molar refractivity (Wildman–Crippen MR) is 75.2 cm³/mol. The monoisotopic (exact) mass is 277 g/mol. The number of nitrogens with zero attached hydrogens (tertiary/aromatic N) is 1. The molecule has 0 spiro atoms. The van der Waals surface area contributed by atoms with Crippen LogP contribution < -0.4 is 10.6 Å². The molecule has 1 saturated heterocycles. The number of benzene rings is 1. The van der Waals surface area contributed by atoms with E-state index < -0.39 is 4.92 Å². The standard InChI is InChI=1S/C14H19N3O3/c1-14(6-3-7-15-10-14)13(18)16-9-11-4-2-5-12(8-11)17(19)20/h2,4-5,8,15H,3,6-7,9-10H2,1H3,(H,16,18). The van der Waals surface area contributed by atoms with Crippen molar-refractivity contribution in [3.8, 4) is 0 Å². The molecule has 6 heteroatoms. The van der Waals surface area contributed by atoms with Gasteiger partial charge in [0.25, 0.3) is 5.69 Å². The lowest BCUT2D eigenvalue weighted by atomic mass is 9.82. The highest BCUT2D eigenvalue weighted by Crippen LogP contribution is 2.25. The van der Waals surface area contributed by atoms with Crippen molar-refractivity contribution in [3.05, 3.63) is 39.9 Å². The number of hydrogen-bond donors (Lipinski definition) is 2. The minimum atomic E-state index is -0.433. The molecule has 1 atom stereocenters. The zero-order chi connectivity index (χ0) is 14.6. The summed E-state index contributed by atoms with van der Waals surface area (Å²) in [5.41, 5.74) is 0.390. The summed E-state index contributed by atoms with van der Waals surface area (Å²) in [7, 11) is 0. The summed E-state index contributed by atoms with van der Waals surface area (Å²) >= 11 is 0. The molecule has 2 N–H and O–H groups in total. The van der Waals surface area contributed by atoms with Gasteiger partial charge >= 0.3 is 0 Å². The van der Waals surface area contributed by atoms with E-state index in [1.54, 1.807) is 12.1 Å². The fraction of sp³-hybridized carbons (Fsp3) is 0.500. The Bertz CT molecular complexity index is 510. The molecule has 20 heavy (non-hydrogen) atoms. The molecule has 2 rings (SSSR count). The van der Waals surface area contributed by atoms with Gasteiger partial charge in [-0.1, -0.05) is 12.1 Å². The average molecular weight is 277 g/mol. The Morgan fingerprint density at radius 1 is 1.55 bits per heavy atom. The van der Waals surface area contributed by atoms with Crippen molar-refractivity contribution >= 4 is 11.6 Å². The van der Waals surface area contributed by atoms with Crippen LogP contribution in [0, 0.1) is 15.5 Å². The number of nitro benzene ring substituents is 1. The topological polar surface area (TPSA) is 84.3 Å². The first-order valence-electron chi connectivity index (χ1n) is 6.74. The van der Waals surface area contributed by atoms with Crippen LogP contribution in [0.1, 0.15) is 25.3 Å². The molecule has 0 saturated carbocycles. The molecule has 0 aliphatic carbocycles. The lowest BCUT2D eigenvalue weighted by molar-refractivity contribution is -0.384. The van der Waals surface area contributed by atoms with Crippen LogP contribution >= 0.6 is 0 Å². The first-order valence-corrected chi connectivity index (χ1v) is 6.74. The van der Waals surface area contributed by atoms with Crippen LogP contribution in [0.2, 0.25) is 0 Å². The molecule has 1 aliphatic heterocycles. The van der Waals surface area contributed by atoms with E-state index in [0.717, 1.165) is 24.9 Å². The summed E-state index contributed by atoms with van der Waals surface area (Å²) in [5, 5.41) is 16.8. The van der Waals surface area contributed by atoms with E-state index in [1.807, 2.05) is 6.92 Å². The van der Waals surface area contributed by atoms with Gasteiger partial charge in [0.1, 0.15) is 0 Å². The molecule has 1 fully saturated rings. The molecule has 1 aliphatic rings. The van der Waals surface area contributed by atoms with E-state index in [9.17, 15) is 14.9 Å². The summed E-state index contributed by atoms with van der Waals surface area (Å²) < 4.78 is 0. The van der Waals surface area contributed by atoms with Crippen molar-refractivity contribution < 1.29 is 9.72 Å². The number of nitro groups is 1. The number of nitrogens with one attached hydrogen (secondary N) is 2. The second-order valence-corrected chi connectivity index (χ2v) is 5.45. The second kappa shape index (κ2) is 6.00. The normalized spacial score (nSPS) is 22.2. The van der Waals surface area contributed by atoms with Crippen molar-refractivity contribution in [2.45, 2.75) is 26.3 Å². The Morgan fingerprint density at radius 2 is 2.35 bits per heavy atom. The van der Waals surface area contributed by atoms with E-state index in [2.05, 4.69) is 10.6 Å². The molecule has 0 bridgehead atoms. The van der Waals surface area contributed by atoms with Gasteiger partial charge in [-0.3, -0.25) is 14.9 Å². The molecule has 1 aromatic carbocycles. The van der Waals surface area contributed by atoms with Gasteiger partial charge in [-0.05, 0) is 31.9 Å². The van der Waals surface area contributed by atoms with Crippen molar-refractivity contribution in [3.63, 3.8) is 0 Å². The number of amides is 1. The average Bonchev–Trinajstić information content (AvgIpc) is 2.45. The van der Waals surface area contributed by atoms with Crippen LogP contribution in [0.5, 0.6) is 0 Å². The Hall–Kier alpha value is -1.95. The number of carbonyl (C=O) groups excluding carboxylic acids is 1. The zero-order valence-corrected chi connectivity index (χ0v) is 11.5. The maximum absolute atomic E-state index is 12.2. The molecular formula is C14H19N3O3. The van der Waals surface area contributed by atoms with Crippen molar-refractivity contribution in [2.75, 3.05) is 13.1 Å². The Kier molecular flexibility index (Phi) is 4.34. The number of carbonyl (C=O) groups is 1. The third-order valence-corrected chi connectivity index (χ3v) is 3.72. The number of non-ortho nitro benzene ring substituents is 1. The number of piperidine rings is 1. The van der Waals surface area contributed by atoms with Gasteiger partial charge in [-0.25, -0.2) is 0 Å². The number of rotatable bonds is 4. The number of hydrogen-bond acceptors (Lipinski definition) is 4. The lowest BCUT2D eigenvalue weighted by Crippen LogP contribution is -2.48. The molecule has 0 aromatic heterocycles. The van der Waals surface area contributed by atoms with Crippen LogP contribution in [-0.2, 0) is 11.3 Å². The summed E-state index contributed by atoms with van der Waals surface area (Å²) in [4.78, 5) is 22.5. The van der Waals surface area contributed by atoms with Gasteiger partial charge in [-0.15, -0.1) is 0 Å². The highest BCUT2D eigenvalue weighted by molar-refractivity contribution is 5.82. The predicted octanol–water partition coefficient (Wildman–Crippen LogP) is 1.60. The van der Waals surface area contributed by atoms with Gasteiger partial charge in [0.15, 0.2) is 0 Å². The Labute approximate surface area is 117 Å². The van der Waals surface area contributed by atoms with E-state index in [-0.39, 0.29) is 17.0 Å². The van der Waals surface area contributed by atoms with Gasteiger partial charge < -0.3 is 10.6 Å². The lowest BCUT2D eigenvalue weighted by Gasteiger charge is -2.32. The van der Waals surface area contributed by atoms with Gasteiger partial charge in [0, 0.05) is 25.2 Å². The maximum atomic E-state index is 12.2. The van der Waals surface area contributed by atoms with Crippen LogP contribution in [0.25, 0.3) is 0 Å². The van der Waals surface area contributed by atoms with Crippen LogP contribution in [-0.4, -0.2) is 23.9 Å². The Morgan fingerprint density at radius 3 is 3.00 bits per heavy atom. The third kappa shape index (κ3) is 3.33. The molecule has 1 heterocycles. The van der Waals surface area contributed by atoms with Gasteiger partial charge in [-0.2, -0.15) is 0 Å². The van der Waals surface area contributed by atoms with Gasteiger partial charge in [0.05, 0.1) is 10.3 Å². The highest BCUT2D eigenvalue weighted by Gasteiger charge is 2.34. The summed E-state index contributed by atoms with van der Waals surface area (Å²) in [6.07, 6.45) is 1.85. The smallest absolute Gasteiger partial charge is 0.269 e. The molecule has 1 aromatic rings. The van der Waals surface area contributed by atoms with Crippen LogP contribution in [0.3, 0.4) is 0 Å². The first kappa shape index (κ1) is 14.5. The quantitative estimate of drug-likeness (QED) is 0.646. The van der Waals surface area contributed by atoms with E-state index >= 15 is 0 Å². The van der Waals surface area contributed by atoms with E-state index in [4.69, 9.17) is 0 Å². The SMILES string of the molecule is CC1(C(=O)NCc2cccc([N+](=O)[O-])c2)CCCNC1. The first-order chi connectivity index (χ1) is 9.51. The fourth-order valence-electron chi connectivity index (χ4n) is 2.43. The van der Waals surface area contributed by atoms with Crippen molar-refractivity contribution in [1.82, 2.24) is 10.6 Å².